The summed E-state index contributed by atoms with van der Waals surface area (Å²) in [6.45, 7) is 6.47. The molecule has 1 heterocycles. The summed E-state index contributed by atoms with van der Waals surface area (Å²) in [7, 11) is 4.17. The molecule has 0 radical (unpaired) electrons. The summed E-state index contributed by atoms with van der Waals surface area (Å²) in [6, 6.07) is 0.379. The van der Waals surface area contributed by atoms with Crippen LogP contribution in [0, 0.1) is 0 Å². The third-order valence-corrected chi connectivity index (χ3v) is 3.50. The van der Waals surface area contributed by atoms with Gasteiger partial charge in [0.2, 0.25) is 0 Å². The van der Waals surface area contributed by atoms with E-state index in [1.165, 1.54) is 0 Å². The number of ether oxygens (including phenoxy) is 1. The molecule has 1 aliphatic rings. The maximum absolute atomic E-state index is 11.6. The van der Waals surface area contributed by atoms with Crippen molar-refractivity contribution in [3.8, 4) is 0 Å². The van der Waals surface area contributed by atoms with Crippen LogP contribution in [-0.4, -0.2) is 61.6 Å². The van der Waals surface area contributed by atoms with E-state index in [0.717, 1.165) is 25.9 Å². The van der Waals surface area contributed by atoms with Gasteiger partial charge in [-0.1, -0.05) is 0 Å². The number of hydrogen-bond acceptors (Lipinski definition) is 4. The Morgan fingerprint density at radius 3 is 2.56 bits per heavy atom. The highest BCUT2D eigenvalue weighted by molar-refractivity contribution is 5.75. The van der Waals surface area contributed by atoms with Crippen LogP contribution in [0.4, 0.5) is 0 Å². The van der Waals surface area contributed by atoms with Gasteiger partial charge < -0.3 is 9.64 Å². The quantitative estimate of drug-likeness (QED) is 0.671. The molecule has 0 spiro atoms. The SMILES string of the molecule is CCOC(=O)C(C)N(C)C1CCN(C)CC1. The normalized spacial score (nSPS) is 21.1. The van der Waals surface area contributed by atoms with Crippen LogP contribution in [0.3, 0.4) is 0 Å². The lowest BCUT2D eigenvalue weighted by Gasteiger charge is -2.37. The van der Waals surface area contributed by atoms with E-state index in [4.69, 9.17) is 4.74 Å². The average Bonchev–Trinajstić information content (AvgIpc) is 2.28. The van der Waals surface area contributed by atoms with Gasteiger partial charge in [0.1, 0.15) is 6.04 Å². The summed E-state index contributed by atoms with van der Waals surface area (Å²) >= 11 is 0. The molecule has 1 rings (SSSR count). The molecule has 0 bridgehead atoms. The molecule has 1 aliphatic heterocycles. The molecule has 0 aliphatic carbocycles. The minimum absolute atomic E-state index is 0.107. The van der Waals surface area contributed by atoms with E-state index >= 15 is 0 Å². The highest BCUT2D eigenvalue weighted by Crippen LogP contribution is 2.16. The third kappa shape index (κ3) is 3.46. The first-order valence-corrected chi connectivity index (χ1v) is 6.13. The lowest BCUT2D eigenvalue weighted by atomic mass is 10.0. The van der Waals surface area contributed by atoms with Gasteiger partial charge in [-0.05, 0) is 53.9 Å². The maximum Gasteiger partial charge on any atom is 0.323 e. The molecule has 0 aromatic rings. The van der Waals surface area contributed by atoms with Gasteiger partial charge in [0, 0.05) is 6.04 Å². The van der Waals surface area contributed by atoms with Crippen molar-refractivity contribution in [3.05, 3.63) is 0 Å². The molecular weight excluding hydrogens is 204 g/mol. The fourth-order valence-corrected chi connectivity index (χ4v) is 2.15. The number of hydrogen-bond donors (Lipinski definition) is 0. The van der Waals surface area contributed by atoms with Gasteiger partial charge in [0.05, 0.1) is 6.61 Å². The van der Waals surface area contributed by atoms with Crippen LogP contribution < -0.4 is 0 Å². The Morgan fingerprint density at radius 2 is 2.06 bits per heavy atom. The van der Waals surface area contributed by atoms with Crippen molar-refractivity contribution < 1.29 is 9.53 Å². The topological polar surface area (TPSA) is 32.8 Å². The number of carbonyl (C=O) groups is 1. The van der Waals surface area contributed by atoms with Crippen molar-refractivity contribution in [1.29, 1.82) is 0 Å². The van der Waals surface area contributed by atoms with Crippen LogP contribution in [0.2, 0.25) is 0 Å². The van der Waals surface area contributed by atoms with Gasteiger partial charge in [-0.2, -0.15) is 0 Å². The Labute approximate surface area is 98.5 Å². The van der Waals surface area contributed by atoms with E-state index < -0.39 is 0 Å². The van der Waals surface area contributed by atoms with Crippen molar-refractivity contribution in [3.63, 3.8) is 0 Å². The molecule has 0 saturated carbocycles. The molecule has 16 heavy (non-hydrogen) atoms. The molecule has 0 amide bonds. The summed E-state index contributed by atoms with van der Waals surface area (Å²) in [6.07, 6.45) is 2.27. The second-order valence-electron chi connectivity index (χ2n) is 4.63. The summed E-state index contributed by atoms with van der Waals surface area (Å²) in [5.41, 5.74) is 0. The fourth-order valence-electron chi connectivity index (χ4n) is 2.15. The first kappa shape index (κ1) is 13.5. The lowest BCUT2D eigenvalue weighted by molar-refractivity contribution is -0.149. The summed E-state index contributed by atoms with van der Waals surface area (Å²) in [5.74, 6) is -0.107. The molecule has 0 N–H and O–H groups in total. The zero-order chi connectivity index (χ0) is 12.1. The molecule has 1 saturated heterocycles. The zero-order valence-corrected chi connectivity index (χ0v) is 10.9. The third-order valence-electron chi connectivity index (χ3n) is 3.50. The molecule has 4 nitrogen and oxygen atoms in total. The molecule has 1 unspecified atom stereocenters. The minimum atomic E-state index is -0.131. The number of likely N-dealkylation sites (tertiary alicyclic amines) is 1. The Bertz CT molecular complexity index is 225. The van der Waals surface area contributed by atoms with E-state index in [1.54, 1.807) is 0 Å². The molecular formula is C12H24N2O2. The van der Waals surface area contributed by atoms with Crippen molar-refractivity contribution in [2.45, 2.75) is 38.8 Å². The van der Waals surface area contributed by atoms with Gasteiger partial charge in [-0.15, -0.1) is 0 Å². The predicted octanol–water partition coefficient (Wildman–Crippen LogP) is 0.964. The van der Waals surface area contributed by atoms with Crippen LogP contribution in [0.1, 0.15) is 26.7 Å². The number of rotatable bonds is 4. The Hall–Kier alpha value is -0.610. The second kappa shape index (κ2) is 6.21. The van der Waals surface area contributed by atoms with Gasteiger partial charge in [0.15, 0.2) is 0 Å². The van der Waals surface area contributed by atoms with Crippen molar-refractivity contribution in [1.82, 2.24) is 9.80 Å². The highest BCUT2D eigenvalue weighted by Gasteiger charge is 2.27. The van der Waals surface area contributed by atoms with Gasteiger partial charge in [-0.3, -0.25) is 9.69 Å². The number of nitrogens with zero attached hydrogens (tertiary/aromatic N) is 2. The number of piperidine rings is 1. The van der Waals surface area contributed by atoms with Crippen molar-refractivity contribution >= 4 is 5.97 Å². The smallest absolute Gasteiger partial charge is 0.323 e. The van der Waals surface area contributed by atoms with Crippen LogP contribution in [0.5, 0.6) is 0 Å². The monoisotopic (exact) mass is 228 g/mol. The zero-order valence-electron chi connectivity index (χ0n) is 10.9. The van der Waals surface area contributed by atoms with Crippen LogP contribution in [0.15, 0.2) is 0 Å². The van der Waals surface area contributed by atoms with E-state index in [1.807, 2.05) is 20.9 Å². The standard InChI is InChI=1S/C12H24N2O2/c1-5-16-12(15)10(2)14(4)11-6-8-13(3)9-7-11/h10-11H,5-9H2,1-4H3. The molecule has 0 aromatic carbocycles. The van der Waals surface area contributed by atoms with E-state index in [9.17, 15) is 4.79 Å². The molecule has 1 atom stereocenters. The van der Waals surface area contributed by atoms with Crippen molar-refractivity contribution in [2.75, 3.05) is 33.8 Å². The Morgan fingerprint density at radius 1 is 1.50 bits per heavy atom. The summed E-state index contributed by atoms with van der Waals surface area (Å²) < 4.78 is 5.05. The van der Waals surface area contributed by atoms with E-state index in [-0.39, 0.29) is 12.0 Å². The second-order valence-corrected chi connectivity index (χ2v) is 4.63. The van der Waals surface area contributed by atoms with Gasteiger partial charge in [0.25, 0.3) is 0 Å². The van der Waals surface area contributed by atoms with Crippen LogP contribution >= 0.6 is 0 Å². The molecule has 0 aromatic heterocycles. The van der Waals surface area contributed by atoms with E-state index in [0.29, 0.717) is 12.6 Å². The predicted molar refractivity (Wildman–Crippen MR) is 64.4 cm³/mol. The molecule has 4 heteroatoms. The highest BCUT2D eigenvalue weighted by atomic mass is 16.5. The Kier molecular flexibility index (Phi) is 5.22. The van der Waals surface area contributed by atoms with Crippen molar-refractivity contribution in [2.24, 2.45) is 0 Å². The van der Waals surface area contributed by atoms with Gasteiger partial charge in [-0.25, -0.2) is 0 Å². The first-order valence-electron chi connectivity index (χ1n) is 6.13. The van der Waals surface area contributed by atoms with Crippen LogP contribution in [-0.2, 0) is 9.53 Å². The maximum atomic E-state index is 11.6. The molecule has 94 valence electrons. The summed E-state index contributed by atoms with van der Waals surface area (Å²) in [5, 5.41) is 0. The fraction of sp³-hybridized carbons (Fsp3) is 0.917. The summed E-state index contributed by atoms with van der Waals surface area (Å²) in [4.78, 5) is 16.1. The molecule has 1 fully saturated rings. The van der Waals surface area contributed by atoms with Crippen LogP contribution in [0.25, 0.3) is 0 Å². The first-order chi connectivity index (χ1) is 7.56. The largest absolute Gasteiger partial charge is 0.465 e. The lowest BCUT2D eigenvalue weighted by Crippen LogP contribution is -2.48. The minimum Gasteiger partial charge on any atom is -0.465 e. The average molecular weight is 228 g/mol. The number of esters is 1. The Balaban J connectivity index is 2.43. The number of likely N-dealkylation sites (N-methyl/N-ethyl adjacent to an activating group) is 1. The van der Waals surface area contributed by atoms with Gasteiger partial charge >= 0.3 is 5.97 Å². The number of carbonyl (C=O) groups excluding carboxylic acids is 1. The van der Waals surface area contributed by atoms with E-state index in [2.05, 4.69) is 16.8 Å².